The molecule has 0 fully saturated rings. The van der Waals surface area contributed by atoms with Gasteiger partial charge in [-0.25, -0.2) is 0 Å². The van der Waals surface area contributed by atoms with Gasteiger partial charge in [-0.3, -0.25) is 14.6 Å². The van der Waals surface area contributed by atoms with E-state index in [-0.39, 0.29) is 35.9 Å². The Balaban J connectivity index is 1.60. The molecule has 0 saturated carbocycles. The van der Waals surface area contributed by atoms with Crippen molar-refractivity contribution in [2.24, 2.45) is 10.9 Å². The minimum absolute atomic E-state index is 0.0625. The Hall–Kier alpha value is -3.25. The summed E-state index contributed by atoms with van der Waals surface area (Å²) in [6.45, 7) is 1.30. The van der Waals surface area contributed by atoms with E-state index < -0.39 is 5.92 Å². The lowest BCUT2D eigenvalue weighted by molar-refractivity contribution is -0.125. The lowest BCUT2D eigenvalue weighted by Crippen LogP contribution is -2.30. The summed E-state index contributed by atoms with van der Waals surface area (Å²) in [5.74, 6) is -1.19. The van der Waals surface area contributed by atoms with Gasteiger partial charge in [-0.1, -0.05) is 42.5 Å². The van der Waals surface area contributed by atoms with Crippen LogP contribution in [0.2, 0.25) is 0 Å². The standard InChI is InChI=1S/C24H27N3O3/c1-27(2)13-12-25-16-21-22(28)14-19(15-23(21)29)24(30)26-20-10-8-18(9-11-20)17-6-4-3-5-7-17/h3-11,16,19,28H,12-15H2,1-2H3,(H,26,30). The third-order valence-electron chi connectivity index (χ3n) is 5.01. The first-order chi connectivity index (χ1) is 14.4. The van der Waals surface area contributed by atoms with Gasteiger partial charge in [0.15, 0.2) is 5.78 Å². The van der Waals surface area contributed by atoms with E-state index in [0.29, 0.717) is 12.2 Å². The number of amides is 1. The van der Waals surface area contributed by atoms with E-state index in [9.17, 15) is 14.7 Å². The number of nitrogens with one attached hydrogen (secondary N) is 1. The van der Waals surface area contributed by atoms with Crippen LogP contribution in [0.25, 0.3) is 11.1 Å². The Bertz CT molecular complexity index is 947. The van der Waals surface area contributed by atoms with Crippen molar-refractivity contribution in [1.82, 2.24) is 4.90 Å². The number of rotatable bonds is 7. The van der Waals surface area contributed by atoms with E-state index in [1.165, 1.54) is 6.21 Å². The summed E-state index contributed by atoms with van der Waals surface area (Å²) in [6, 6.07) is 17.5. The molecule has 0 radical (unpaired) electrons. The highest BCUT2D eigenvalue weighted by Gasteiger charge is 2.31. The van der Waals surface area contributed by atoms with Crippen LogP contribution in [0.3, 0.4) is 0 Å². The van der Waals surface area contributed by atoms with Crippen LogP contribution in [0.5, 0.6) is 0 Å². The van der Waals surface area contributed by atoms with Gasteiger partial charge >= 0.3 is 0 Å². The number of aliphatic hydroxyl groups excluding tert-OH is 1. The molecule has 2 aromatic carbocycles. The van der Waals surface area contributed by atoms with E-state index in [1.54, 1.807) is 0 Å². The maximum absolute atomic E-state index is 12.6. The van der Waals surface area contributed by atoms with Gasteiger partial charge in [-0.2, -0.15) is 0 Å². The fraction of sp³-hybridized carbons (Fsp3) is 0.292. The Morgan fingerprint density at radius 1 is 1.10 bits per heavy atom. The van der Waals surface area contributed by atoms with Crippen molar-refractivity contribution in [3.05, 3.63) is 65.9 Å². The summed E-state index contributed by atoms with van der Waals surface area (Å²) < 4.78 is 0. The zero-order valence-electron chi connectivity index (χ0n) is 17.3. The normalized spacial score (nSPS) is 17.0. The molecule has 156 valence electrons. The molecule has 0 bridgehead atoms. The number of carbonyl (C=O) groups is 2. The highest BCUT2D eigenvalue weighted by Crippen LogP contribution is 2.27. The average molecular weight is 405 g/mol. The quantitative estimate of drug-likeness (QED) is 0.688. The Morgan fingerprint density at radius 2 is 1.77 bits per heavy atom. The number of aliphatic hydroxyl groups is 1. The number of benzene rings is 2. The van der Waals surface area contributed by atoms with Crippen molar-refractivity contribution < 1.29 is 14.7 Å². The molecule has 1 amide bonds. The molecule has 0 saturated heterocycles. The molecular formula is C24H27N3O3. The Morgan fingerprint density at radius 3 is 2.40 bits per heavy atom. The summed E-state index contributed by atoms with van der Waals surface area (Å²) in [6.07, 6.45) is 1.62. The number of nitrogens with zero attached hydrogens (tertiary/aromatic N) is 2. The zero-order chi connectivity index (χ0) is 21.5. The van der Waals surface area contributed by atoms with Crippen LogP contribution in [0.15, 0.2) is 70.9 Å². The first kappa shape index (κ1) is 21.5. The van der Waals surface area contributed by atoms with E-state index in [4.69, 9.17) is 0 Å². The van der Waals surface area contributed by atoms with Crippen molar-refractivity contribution in [2.75, 3.05) is 32.5 Å². The van der Waals surface area contributed by atoms with Gasteiger partial charge in [0.25, 0.3) is 0 Å². The number of allylic oxidation sites excluding steroid dienone is 2. The maximum atomic E-state index is 12.6. The number of likely N-dealkylation sites (N-methyl/N-ethyl adjacent to an activating group) is 1. The first-order valence-corrected chi connectivity index (χ1v) is 10.00. The second-order valence-corrected chi connectivity index (χ2v) is 7.66. The molecule has 1 aliphatic carbocycles. The topological polar surface area (TPSA) is 82.0 Å². The number of hydrogen-bond acceptors (Lipinski definition) is 5. The predicted octanol–water partition coefficient (Wildman–Crippen LogP) is 3.72. The highest BCUT2D eigenvalue weighted by atomic mass is 16.3. The minimum atomic E-state index is -0.592. The van der Waals surface area contributed by atoms with Gasteiger partial charge in [0.1, 0.15) is 5.76 Å². The summed E-state index contributed by atoms with van der Waals surface area (Å²) in [5.41, 5.74) is 3.03. The summed E-state index contributed by atoms with van der Waals surface area (Å²) >= 11 is 0. The molecular weight excluding hydrogens is 378 g/mol. The molecule has 6 heteroatoms. The van der Waals surface area contributed by atoms with Crippen LogP contribution in [0, 0.1) is 5.92 Å². The Kier molecular flexibility index (Phi) is 7.14. The number of aliphatic imine (C=N–C) groups is 1. The van der Waals surface area contributed by atoms with Crippen molar-refractivity contribution in [2.45, 2.75) is 12.8 Å². The van der Waals surface area contributed by atoms with E-state index in [2.05, 4.69) is 10.3 Å². The van der Waals surface area contributed by atoms with Crippen LogP contribution in [-0.2, 0) is 9.59 Å². The van der Waals surface area contributed by atoms with Crippen molar-refractivity contribution in [1.29, 1.82) is 0 Å². The highest BCUT2D eigenvalue weighted by molar-refractivity contribution is 6.15. The lowest BCUT2D eigenvalue weighted by Gasteiger charge is -2.21. The van der Waals surface area contributed by atoms with Crippen LogP contribution < -0.4 is 5.32 Å². The molecule has 1 atom stereocenters. The largest absolute Gasteiger partial charge is 0.511 e. The van der Waals surface area contributed by atoms with Crippen LogP contribution in [-0.4, -0.2) is 55.1 Å². The third kappa shape index (κ3) is 5.64. The second-order valence-electron chi connectivity index (χ2n) is 7.66. The average Bonchev–Trinajstić information content (AvgIpc) is 2.73. The molecule has 3 rings (SSSR count). The Labute approximate surface area is 176 Å². The van der Waals surface area contributed by atoms with Crippen molar-refractivity contribution in [3.63, 3.8) is 0 Å². The first-order valence-electron chi connectivity index (χ1n) is 10.00. The maximum Gasteiger partial charge on any atom is 0.228 e. The number of anilines is 1. The molecule has 2 aromatic rings. The van der Waals surface area contributed by atoms with E-state index >= 15 is 0 Å². The number of hydrogen-bond donors (Lipinski definition) is 2. The molecule has 0 spiro atoms. The smallest absolute Gasteiger partial charge is 0.228 e. The molecule has 0 aliphatic heterocycles. The van der Waals surface area contributed by atoms with Crippen LogP contribution >= 0.6 is 0 Å². The summed E-state index contributed by atoms with van der Waals surface area (Å²) in [5, 5.41) is 13.1. The molecule has 2 N–H and O–H groups in total. The van der Waals surface area contributed by atoms with Gasteiger partial charge in [0.05, 0.1) is 18.0 Å². The van der Waals surface area contributed by atoms with Crippen molar-refractivity contribution in [3.8, 4) is 11.1 Å². The van der Waals surface area contributed by atoms with Gasteiger partial charge in [-0.15, -0.1) is 0 Å². The SMILES string of the molecule is CN(C)CCN=CC1=C(O)CC(C(=O)Nc2ccc(-c3ccccc3)cc2)CC1=O. The van der Waals surface area contributed by atoms with Gasteiger partial charge < -0.3 is 15.3 Å². The fourth-order valence-corrected chi connectivity index (χ4v) is 3.28. The second kappa shape index (κ2) is 9.98. The van der Waals surface area contributed by atoms with Crippen LogP contribution in [0.1, 0.15) is 12.8 Å². The number of Topliss-reactive ketones (excluding diaryl/α,β-unsaturated/α-hetero) is 1. The van der Waals surface area contributed by atoms with Crippen LogP contribution in [0.4, 0.5) is 5.69 Å². The molecule has 0 heterocycles. The van der Waals surface area contributed by atoms with E-state index in [1.807, 2.05) is 73.6 Å². The molecule has 30 heavy (non-hydrogen) atoms. The number of carbonyl (C=O) groups excluding carboxylic acids is 2. The summed E-state index contributed by atoms with van der Waals surface area (Å²) in [4.78, 5) is 31.2. The minimum Gasteiger partial charge on any atom is -0.511 e. The number of ketones is 1. The molecule has 1 aliphatic rings. The molecule has 0 aromatic heterocycles. The van der Waals surface area contributed by atoms with E-state index in [0.717, 1.165) is 17.7 Å². The molecule has 6 nitrogen and oxygen atoms in total. The van der Waals surface area contributed by atoms with Gasteiger partial charge in [0, 0.05) is 31.3 Å². The van der Waals surface area contributed by atoms with Gasteiger partial charge in [0.2, 0.25) is 5.91 Å². The molecule has 1 unspecified atom stereocenters. The monoisotopic (exact) mass is 405 g/mol. The van der Waals surface area contributed by atoms with Crippen molar-refractivity contribution >= 4 is 23.6 Å². The fourth-order valence-electron chi connectivity index (χ4n) is 3.28. The predicted molar refractivity (Wildman–Crippen MR) is 120 cm³/mol. The third-order valence-corrected chi connectivity index (χ3v) is 5.01. The zero-order valence-corrected chi connectivity index (χ0v) is 17.3. The lowest BCUT2D eigenvalue weighted by atomic mass is 9.87. The van der Waals surface area contributed by atoms with Gasteiger partial charge in [-0.05, 0) is 37.4 Å². The summed E-state index contributed by atoms with van der Waals surface area (Å²) in [7, 11) is 3.88.